The van der Waals surface area contributed by atoms with Crippen LogP contribution in [0.5, 0.6) is 0 Å². The van der Waals surface area contributed by atoms with E-state index in [-0.39, 0.29) is 37.9 Å². The molecule has 2 aromatic carbocycles. The summed E-state index contributed by atoms with van der Waals surface area (Å²) in [7, 11) is 1.35. The summed E-state index contributed by atoms with van der Waals surface area (Å²) in [5.41, 5.74) is 8.80. The summed E-state index contributed by atoms with van der Waals surface area (Å²) >= 11 is -0.0965. The minimum absolute atomic E-state index is 0.0965. The second-order valence-corrected chi connectivity index (χ2v) is 11.9. The molecule has 2 heterocycles. The van der Waals surface area contributed by atoms with E-state index in [9.17, 15) is 9.59 Å². The summed E-state index contributed by atoms with van der Waals surface area (Å²) in [6.07, 6.45) is 3.74. The van der Waals surface area contributed by atoms with Gasteiger partial charge < -0.3 is 0 Å². The quantitative estimate of drug-likeness (QED) is 0.291. The topological polar surface area (TPSA) is 108 Å². The second-order valence-electron chi connectivity index (χ2n) is 9.87. The molecule has 1 fully saturated rings. The molecule has 0 radical (unpaired) electrons. The Bertz CT molecular complexity index is 1370. The molecule has 3 aromatic rings. The first-order valence-electron chi connectivity index (χ1n) is 11.9. The van der Waals surface area contributed by atoms with E-state index in [0.717, 1.165) is 46.6 Å². The molecule has 9 heteroatoms. The zero-order chi connectivity index (χ0) is 24.7. The van der Waals surface area contributed by atoms with Crippen LogP contribution in [0.3, 0.4) is 0 Å². The number of fused-ring (bicyclic) bond motifs is 1. The van der Waals surface area contributed by atoms with Crippen molar-refractivity contribution in [1.29, 1.82) is 0 Å². The van der Waals surface area contributed by atoms with Crippen LogP contribution in [0.2, 0.25) is 0 Å². The number of nitrogens with zero attached hydrogens (tertiary/aromatic N) is 2. The Labute approximate surface area is 210 Å². The first kappa shape index (κ1) is 23.7. The van der Waals surface area contributed by atoms with Crippen LogP contribution < -0.4 is 16.6 Å². The number of nitrogen functional groups attached to an aromatic ring is 1. The fraction of sp³-hybridized carbons (Fsp3) is 0.423. The molecule has 0 atom stereocenters. The van der Waals surface area contributed by atoms with Crippen molar-refractivity contribution in [1.82, 2.24) is 3.56 Å². The first-order chi connectivity index (χ1) is 16.8. The zero-order valence-corrected chi connectivity index (χ0v) is 21.9. The summed E-state index contributed by atoms with van der Waals surface area (Å²) in [5.74, 6) is 0.257. The van der Waals surface area contributed by atoms with Gasteiger partial charge in [0.2, 0.25) is 0 Å². The second kappa shape index (κ2) is 9.21. The van der Waals surface area contributed by atoms with E-state index in [1.165, 1.54) is 7.11 Å². The van der Waals surface area contributed by atoms with Crippen molar-refractivity contribution < 1.29 is 14.3 Å². The molecule has 8 nitrogen and oxygen atoms in total. The third-order valence-electron chi connectivity index (χ3n) is 6.69. The first-order valence-corrected chi connectivity index (χ1v) is 13.5. The molecule has 2 aliphatic rings. The van der Waals surface area contributed by atoms with Crippen molar-refractivity contribution >= 4 is 47.6 Å². The number of carbonyl (C=O) groups excluding carboxylic acids is 1. The Kier molecular flexibility index (Phi) is 6.23. The maximum atomic E-state index is 13.3. The number of benzene rings is 2. The summed E-state index contributed by atoms with van der Waals surface area (Å²) in [5, 5.41) is 4.31. The van der Waals surface area contributed by atoms with Crippen molar-refractivity contribution in [3.8, 4) is 0 Å². The normalized spacial score (nSPS) is 21.4. The number of hydrogen-bond donors (Lipinski definition) is 2. The number of carbonyl (C=O) groups is 1. The molecule has 1 aromatic heterocycles. The molecule has 0 spiro atoms. The van der Waals surface area contributed by atoms with Gasteiger partial charge in [-0.2, -0.15) is 0 Å². The van der Waals surface area contributed by atoms with Crippen LogP contribution in [-0.4, -0.2) is 55.5 Å². The van der Waals surface area contributed by atoms with Crippen molar-refractivity contribution in [3.63, 3.8) is 0 Å². The number of hydrogen-bond acceptors (Lipinski definition) is 7. The molecule has 0 bridgehead atoms. The van der Waals surface area contributed by atoms with Gasteiger partial charge in [-0.15, -0.1) is 0 Å². The maximum absolute atomic E-state index is 13.3. The minimum atomic E-state index is -0.402. The van der Waals surface area contributed by atoms with Gasteiger partial charge in [0, 0.05) is 0 Å². The van der Waals surface area contributed by atoms with E-state index in [2.05, 4.69) is 22.7 Å². The van der Waals surface area contributed by atoms with Gasteiger partial charge in [0.1, 0.15) is 0 Å². The molecule has 0 unspecified atom stereocenters. The fourth-order valence-corrected chi connectivity index (χ4v) is 7.42. The number of esters is 1. The van der Waals surface area contributed by atoms with E-state index in [4.69, 9.17) is 20.2 Å². The molecular formula is C26H30N4O4Se. The Morgan fingerprint density at radius 1 is 1.23 bits per heavy atom. The average molecular weight is 542 g/mol. The molecule has 1 saturated carbocycles. The molecule has 1 aliphatic carbocycles. The third-order valence-corrected chi connectivity index (χ3v) is 9.38. The van der Waals surface area contributed by atoms with Gasteiger partial charge in [-0.3, -0.25) is 0 Å². The van der Waals surface area contributed by atoms with Gasteiger partial charge in [0.05, 0.1) is 7.11 Å². The molecule has 184 valence electrons. The number of ether oxygens (including phenoxy) is 2. The molecule has 1 aliphatic heterocycles. The number of aliphatic imine (C=N–C) groups is 1. The van der Waals surface area contributed by atoms with Crippen LogP contribution in [0.15, 0.2) is 46.2 Å². The van der Waals surface area contributed by atoms with Gasteiger partial charge in [0.15, 0.2) is 0 Å². The van der Waals surface area contributed by atoms with Gasteiger partial charge in [-0.25, -0.2) is 0 Å². The van der Waals surface area contributed by atoms with Crippen molar-refractivity contribution in [2.24, 2.45) is 4.99 Å². The molecule has 35 heavy (non-hydrogen) atoms. The summed E-state index contributed by atoms with van der Waals surface area (Å²) in [6.45, 7) is 4.67. The predicted octanol–water partition coefficient (Wildman–Crippen LogP) is 3.58. The Balaban J connectivity index is 1.31. The summed E-state index contributed by atoms with van der Waals surface area (Å²) in [4.78, 5) is 29.8. The monoisotopic (exact) mass is 542 g/mol. The Morgan fingerprint density at radius 2 is 2.00 bits per heavy atom. The van der Waals surface area contributed by atoms with Gasteiger partial charge in [-0.05, 0) is 0 Å². The number of rotatable bonds is 5. The van der Waals surface area contributed by atoms with Crippen molar-refractivity contribution in [2.75, 3.05) is 24.8 Å². The van der Waals surface area contributed by atoms with Crippen LogP contribution in [0.4, 0.5) is 11.4 Å². The standard InChI is InChI=1S/C26H30N4O4Se/c1-26(2)14-34-23(29-26)18-5-4-6-19-22(18)35-30(24(19)31)17-10-8-16(9-11-17)28-21-12-7-15(13-20(21)27)25(32)33-3/h4-7,12-13,16-17,28H,8-11,14,27H2,1-3H3. The van der Waals surface area contributed by atoms with Crippen LogP contribution in [0, 0.1) is 0 Å². The van der Waals surface area contributed by atoms with E-state index in [1.54, 1.807) is 12.1 Å². The van der Waals surface area contributed by atoms with Crippen molar-refractivity contribution in [2.45, 2.75) is 57.2 Å². The van der Waals surface area contributed by atoms with E-state index < -0.39 is 5.97 Å². The van der Waals surface area contributed by atoms with E-state index in [1.807, 2.05) is 24.3 Å². The van der Waals surface area contributed by atoms with Gasteiger partial charge in [-0.1, -0.05) is 0 Å². The van der Waals surface area contributed by atoms with Crippen LogP contribution in [0.25, 0.3) is 9.65 Å². The van der Waals surface area contributed by atoms with E-state index >= 15 is 0 Å². The van der Waals surface area contributed by atoms with Gasteiger partial charge >= 0.3 is 203 Å². The van der Waals surface area contributed by atoms with Crippen LogP contribution in [-0.2, 0) is 9.47 Å². The average Bonchev–Trinajstić information content (AvgIpc) is 3.39. The molecule has 0 amide bonds. The van der Waals surface area contributed by atoms with Gasteiger partial charge in [0.25, 0.3) is 0 Å². The molecule has 3 N–H and O–H groups in total. The van der Waals surface area contributed by atoms with Crippen molar-refractivity contribution in [3.05, 3.63) is 57.9 Å². The molecule has 5 rings (SSSR count). The number of nitrogens with two attached hydrogens (primary N) is 1. The number of anilines is 2. The predicted molar refractivity (Wildman–Crippen MR) is 139 cm³/mol. The van der Waals surface area contributed by atoms with Crippen LogP contribution >= 0.6 is 0 Å². The number of nitrogens with one attached hydrogen (secondary N) is 1. The zero-order valence-electron chi connectivity index (χ0n) is 20.2. The third kappa shape index (κ3) is 4.62. The Hall–Kier alpha value is -3.03. The fourth-order valence-electron chi connectivity index (χ4n) is 4.81. The number of aromatic nitrogens is 1. The molecule has 0 saturated heterocycles. The van der Waals surface area contributed by atoms with E-state index in [0.29, 0.717) is 23.8 Å². The summed E-state index contributed by atoms with van der Waals surface area (Å²) < 4.78 is 13.8. The Morgan fingerprint density at radius 3 is 2.66 bits per heavy atom. The number of methoxy groups -OCH3 is 1. The SMILES string of the molecule is COC(=O)c1ccc(NC2CCC(n3[se]c4c(C5=NC(C)(C)CO5)cccc4c3=O)CC2)c(N)c1. The summed E-state index contributed by atoms with van der Waals surface area (Å²) in [6, 6.07) is 11.6. The van der Waals surface area contributed by atoms with Crippen LogP contribution in [0.1, 0.15) is 61.5 Å². The molecular weight excluding hydrogens is 511 g/mol.